The third-order valence-corrected chi connectivity index (χ3v) is 7.06. The summed E-state index contributed by atoms with van der Waals surface area (Å²) in [5, 5.41) is 0.190. The molecule has 0 radical (unpaired) electrons. The fraction of sp³-hybridized carbons (Fsp3) is 0.0526. The minimum absolute atomic E-state index is 0.0478. The molecule has 0 saturated heterocycles. The van der Waals surface area contributed by atoms with Crippen molar-refractivity contribution in [2.75, 3.05) is 16.6 Å². The van der Waals surface area contributed by atoms with Gasteiger partial charge in [-0.05, 0) is 42.5 Å². The largest absolute Gasteiger partial charge is 0.495 e. The zero-order valence-electron chi connectivity index (χ0n) is 15.5. The Hall–Kier alpha value is -2.82. The fourth-order valence-electron chi connectivity index (χ4n) is 2.54. The molecule has 158 valence electrons. The second-order valence-corrected chi connectivity index (χ2v) is 9.72. The van der Waals surface area contributed by atoms with Gasteiger partial charge in [0.1, 0.15) is 16.5 Å². The highest BCUT2D eigenvalue weighted by Crippen LogP contribution is 2.31. The van der Waals surface area contributed by atoms with E-state index < -0.39 is 30.8 Å². The summed E-state index contributed by atoms with van der Waals surface area (Å²) < 4.78 is 74.3. The van der Waals surface area contributed by atoms with Crippen molar-refractivity contribution >= 4 is 43.0 Å². The Bertz CT molecular complexity index is 1300. The minimum atomic E-state index is -4.35. The van der Waals surface area contributed by atoms with E-state index in [1.807, 2.05) is 0 Å². The molecule has 3 aromatic rings. The van der Waals surface area contributed by atoms with Gasteiger partial charge in [-0.2, -0.15) is 0 Å². The van der Waals surface area contributed by atoms with E-state index >= 15 is 0 Å². The van der Waals surface area contributed by atoms with Crippen LogP contribution in [-0.4, -0.2) is 23.9 Å². The monoisotopic (exact) mass is 470 g/mol. The lowest BCUT2D eigenvalue weighted by Crippen LogP contribution is -2.17. The third-order valence-electron chi connectivity index (χ3n) is 3.97. The standard InChI is InChI=1S/C19H16ClFN2O5S2/c1-28-18-11-10-13(29(24,25)22-16-8-4-2-6-14(16)20)12-17(18)23-30(26,27)19-9-5-3-7-15(19)21/h2-12,22-23H,1H3. The Labute approximate surface area is 178 Å². The molecule has 11 heteroatoms. The Morgan fingerprint density at radius 2 is 1.47 bits per heavy atom. The maximum Gasteiger partial charge on any atom is 0.264 e. The molecule has 3 aromatic carbocycles. The quantitative estimate of drug-likeness (QED) is 0.541. The van der Waals surface area contributed by atoms with Crippen LogP contribution in [0.25, 0.3) is 0 Å². The van der Waals surface area contributed by atoms with Crippen molar-refractivity contribution in [2.24, 2.45) is 0 Å². The van der Waals surface area contributed by atoms with Crippen molar-refractivity contribution in [3.05, 3.63) is 77.6 Å². The predicted octanol–water partition coefficient (Wildman–Crippen LogP) is 4.09. The van der Waals surface area contributed by atoms with Gasteiger partial charge in [0.25, 0.3) is 20.0 Å². The molecule has 0 aromatic heterocycles. The highest BCUT2D eigenvalue weighted by molar-refractivity contribution is 7.93. The Morgan fingerprint density at radius 3 is 2.13 bits per heavy atom. The number of benzene rings is 3. The highest BCUT2D eigenvalue weighted by atomic mass is 35.5. The normalized spacial score (nSPS) is 11.7. The lowest BCUT2D eigenvalue weighted by Gasteiger charge is -2.15. The van der Waals surface area contributed by atoms with Crippen molar-refractivity contribution < 1.29 is 26.0 Å². The van der Waals surface area contributed by atoms with Crippen LogP contribution in [0.3, 0.4) is 0 Å². The van der Waals surface area contributed by atoms with E-state index in [1.54, 1.807) is 12.1 Å². The topological polar surface area (TPSA) is 102 Å². The van der Waals surface area contributed by atoms with E-state index in [0.29, 0.717) is 0 Å². The fourth-order valence-corrected chi connectivity index (χ4v) is 5.03. The number of hydrogen-bond acceptors (Lipinski definition) is 5. The molecule has 3 rings (SSSR count). The molecule has 0 fully saturated rings. The van der Waals surface area contributed by atoms with E-state index in [9.17, 15) is 21.2 Å². The van der Waals surface area contributed by atoms with Gasteiger partial charge in [0.2, 0.25) is 0 Å². The molecular formula is C19H16ClFN2O5S2. The van der Waals surface area contributed by atoms with Crippen LogP contribution in [0.2, 0.25) is 5.02 Å². The lowest BCUT2D eigenvalue weighted by molar-refractivity contribution is 0.416. The number of nitrogens with one attached hydrogen (secondary N) is 2. The summed E-state index contributed by atoms with van der Waals surface area (Å²) >= 11 is 5.99. The van der Waals surface area contributed by atoms with Crippen LogP contribution < -0.4 is 14.2 Å². The van der Waals surface area contributed by atoms with Crippen LogP contribution in [-0.2, 0) is 20.0 Å². The van der Waals surface area contributed by atoms with Crippen LogP contribution in [0.5, 0.6) is 5.75 Å². The van der Waals surface area contributed by atoms with Gasteiger partial charge in [0, 0.05) is 0 Å². The van der Waals surface area contributed by atoms with Crippen molar-refractivity contribution in [1.82, 2.24) is 0 Å². The number of anilines is 2. The van der Waals surface area contributed by atoms with Gasteiger partial charge < -0.3 is 4.74 Å². The zero-order chi connectivity index (χ0) is 21.9. The molecule has 0 amide bonds. The number of ether oxygens (including phenoxy) is 1. The van der Waals surface area contributed by atoms with E-state index in [1.165, 1.54) is 43.5 Å². The average molecular weight is 471 g/mol. The molecule has 0 spiro atoms. The van der Waals surface area contributed by atoms with E-state index in [-0.39, 0.29) is 27.0 Å². The van der Waals surface area contributed by atoms with Crippen LogP contribution >= 0.6 is 11.6 Å². The smallest absolute Gasteiger partial charge is 0.264 e. The second-order valence-electron chi connectivity index (χ2n) is 5.98. The third kappa shape index (κ3) is 4.66. The number of para-hydroxylation sites is 1. The maximum atomic E-state index is 14.0. The number of rotatable bonds is 7. The van der Waals surface area contributed by atoms with Gasteiger partial charge in [0.15, 0.2) is 0 Å². The minimum Gasteiger partial charge on any atom is -0.495 e. The van der Waals surface area contributed by atoms with Crippen molar-refractivity contribution in [3.63, 3.8) is 0 Å². The molecule has 2 N–H and O–H groups in total. The van der Waals surface area contributed by atoms with Crippen molar-refractivity contribution in [3.8, 4) is 5.75 Å². The first-order chi connectivity index (χ1) is 14.1. The summed E-state index contributed by atoms with van der Waals surface area (Å²) in [4.78, 5) is -0.844. The summed E-state index contributed by atoms with van der Waals surface area (Å²) in [6, 6.07) is 14.6. The predicted molar refractivity (Wildman–Crippen MR) is 112 cm³/mol. The molecular weight excluding hydrogens is 455 g/mol. The maximum absolute atomic E-state index is 14.0. The van der Waals surface area contributed by atoms with Crippen LogP contribution in [0, 0.1) is 5.82 Å². The van der Waals surface area contributed by atoms with Gasteiger partial charge in [-0.25, -0.2) is 21.2 Å². The first-order valence-corrected chi connectivity index (χ1v) is 11.7. The first kappa shape index (κ1) is 21.9. The van der Waals surface area contributed by atoms with Crippen molar-refractivity contribution in [1.29, 1.82) is 0 Å². The Balaban J connectivity index is 2.00. The number of halogens is 2. The average Bonchev–Trinajstić information content (AvgIpc) is 2.69. The number of sulfonamides is 2. The second kappa shape index (κ2) is 8.50. The van der Waals surface area contributed by atoms with Crippen LogP contribution in [0.1, 0.15) is 0 Å². The summed E-state index contributed by atoms with van der Waals surface area (Å²) in [6.45, 7) is 0. The van der Waals surface area contributed by atoms with E-state index in [0.717, 1.165) is 18.2 Å². The zero-order valence-corrected chi connectivity index (χ0v) is 17.9. The van der Waals surface area contributed by atoms with Crippen molar-refractivity contribution in [2.45, 2.75) is 9.79 Å². The molecule has 7 nitrogen and oxygen atoms in total. The van der Waals surface area contributed by atoms with Gasteiger partial charge in [-0.3, -0.25) is 9.44 Å². The molecule has 0 saturated carbocycles. The summed E-state index contributed by atoms with van der Waals surface area (Å²) in [5.74, 6) is -0.903. The highest BCUT2D eigenvalue weighted by Gasteiger charge is 2.23. The van der Waals surface area contributed by atoms with E-state index in [2.05, 4.69) is 9.44 Å². The molecule has 0 aliphatic rings. The first-order valence-electron chi connectivity index (χ1n) is 8.37. The summed E-state index contributed by atoms with van der Waals surface area (Å²) in [5.41, 5.74) is -0.0220. The molecule has 0 heterocycles. The van der Waals surface area contributed by atoms with Gasteiger partial charge in [-0.15, -0.1) is 0 Å². The summed E-state index contributed by atoms with van der Waals surface area (Å²) in [6.07, 6.45) is 0. The molecule has 0 unspecified atom stereocenters. The van der Waals surface area contributed by atoms with Crippen LogP contribution in [0.15, 0.2) is 76.5 Å². The van der Waals surface area contributed by atoms with E-state index in [4.69, 9.17) is 16.3 Å². The SMILES string of the molecule is COc1ccc(S(=O)(=O)Nc2ccccc2Cl)cc1NS(=O)(=O)c1ccccc1F. The van der Waals surface area contributed by atoms with Gasteiger partial charge in [0.05, 0.1) is 28.4 Å². The molecule has 0 aliphatic heterocycles. The number of hydrogen-bond donors (Lipinski definition) is 2. The van der Waals surface area contributed by atoms with Gasteiger partial charge in [-0.1, -0.05) is 35.9 Å². The molecule has 0 bridgehead atoms. The van der Waals surface area contributed by atoms with Gasteiger partial charge >= 0.3 is 0 Å². The molecule has 30 heavy (non-hydrogen) atoms. The summed E-state index contributed by atoms with van der Waals surface area (Å²) in [7, 11) is -7.17. The van der Waals surface area contributed by atoms with Crippen LogP contribution in [0.4, 0.5) is 15.8 Å². The lowest BCUT2D eigenvalue weighted by atomic mass is 10.3. The Morgan fingerprint density at radius 1 is 0.833 bits per heavy atom. The number of methoxy groups -OCH3 is 1. The Kier molecular flexibility index (Phi) is 6.20. The molecule has 0 aliphatic carbocycles. The molecule has 0 atom stereocenters.